The Hall–Kier alpha value is -5.71. The third-order valence-electron chi connectivity index (χ3n) is 8.53. The first-order valence-corrected chi connectivity index (χ1v) is 15.8. The van der Waals surface area contributed by atoms with Crippen molar-refractivity contribution in [2.24, 2.45) is 0 Å². The van der Waals surface area contributed by atoms with Crippen LogP contribution in [0.5, 0.6) is 0 Å². The Balaban J connectivity index is 1.27. The van der Waals surface area contributed by atoms with Gasteiger partial charge in [0.15, 0.2) is 17.5 Å². The Bertz CT molecular complexity index is 2530. The molecule has 210 valence electrons. The summed E-state index contributed by atoms with van der Waals surface area (Å²) < 4.78 is 2.54. The largest absolute Gasteiger partial charge is 0.208 e. The van der Waals surface area contributed by atoms with Gasteiger partial charge < -0.3 is 0 Å². The summed E-state index contributed by atoms with van der Waals surface area (Å²) in [5.41, 5.74) is 5.26. The van der Waals surface area contributed by atoms with Gasteiger partial charge in [-0.15, -0.1) is 11.3 Å². The maximum absolute atomic E-state index is 5.17. The molecule has 0 bridgehead atoms. The zero-order chi connectivity index (χ0) is 29.7. The van der Waals surface area contributed by atoms with Gasteiger partial charge in [-0.2, -0.15) is 0 Å². The number of benzene rings is 7. The van der Waals surface area contributed by atoms with Gasteiger partial charge in [0.25, 0.3) is 0 Å². The lowest BCUT2D eigenvalue weighted by molar-refractivity contribution is 1.08. The van der Waals surface area contributed by atoms with Crippen molar-refractivity contribution in [3.63, 3.8) is 0 Å². The molecule has 0 radical (unpaired) electrons. The van der Waals surface area contributed by atoms with Crippen LogP contribution in [-0.4, -0.2) is 15.0 Å². The first-order chi connectivity index (χ1) is 22.3. The van der Waals surface area contributed by atoms with Crippen molar-refractivity contribution >= 4 is 53.1 Å². The first kappa shape index (κ1) is 25.8. The summed E-state index contributed by atoms with van der Waals surface area (Å²) in [4.78, 5) is 15.4. The molecule has 4 heteroatoms. The number of hydrogen-bond acceptors (Lipinski definition) is 4. The van der Waals surface area contributed by atoms with Crippen molar-refractivity contribution in [1.29, 1.82) is 0 Å². The third kappa shape index (κ3) is 4.46. The molecule has 0 unspecified atom stereocenters. The average molecular weight is 592 g/mol. The molecule has 9 aromatic rings. The minimum absolute atomic E-state index is 0.655. The van der Waals surface area contributed by atoms with Crippen LogP contribution in [0.25, 0.3) is 87.0 Å². The number of rotatable bonds is 4. The molecule has 0 aliphatic carbocycles. The van der Waals surface area contributed by atoms with Crippen molar-refractivity contribution < 1.29 is 0 Å². The molecule has 0 amide bonds. The molecular weight excluding hydrogens is 567 g/mol. The maximum atomic E-state index is 5.17. The maximum Gasteiger partial charge on any atom is 0.164 e. The van der Waals surface area contributed by atoms with Gasteiger partial charge in [0, 0.05) is 42.2 Å². The molecule has 3 nitrogen and oxygen atoms in total. The van der Waals surface area contributed by atoms with E-state index in [9.17, 15) is 0 Å². The molecule has 0 spiro atoms. The summed E-state index contributed by atoms with van der Waals surface area (Å²) in [7, 11) is 0. The Morgan fingerprint density at radius 1 is 0.356 bits per heavy atom. The highest BCUT2D eigenvalue weighted by Crippen LogP contribution is 2.38. The lowest BCUT2D eigenvalue weighted by atomic mass is 9.97. The van der Waals surface area contributed by atoms with Crippen molar-refractivity contribution in [1.82, 2.24) is 15.0 Å². The predicted molar refractivity (Wildman–Crippen MR) is 189 cm³/mol. The average Bonchev–Trinajstić information content (AvgIpc) is 3.49. The Morgan fingerprint density at radius 2 is 0.956 bits per heavy atom. The van der Waals surface area contributed by atoms with Gasteiger partial charge in [0.05, 0.1) is 0 Å². The minimum Gasteiger partial charge on any atom is -0.208 e. The van der Waals surface area contributed by atoms with Crippen LogP contribution in [0.15, 0.2) is 152 Å². The van der Waals surface area contributed by atoms with Crippen molar-refractivity contribution in [3.05, 3.63) is 152 Å². The molecule has 0 N–H and O–H groups in total. The van der Waals surface area contributed by atoms with E-state index >= 15 is 0 Å². The molecule has 9 rings (SSSR count). The third-order valence-corrected chi connectivity index (χ3v) is 9.68. The van der Waals surface area contributed by atoms with Crippen LogP contribution in [0.4, 0.5) is 0 Å². The molecule has 0 saturated carbocycles. The standard InChI is InChI=1S/C41H25N3S/c1-2-9-26(10-3-1)27-17-21-30(22-18-27)39-42-40(31-23-24-37-35(25-31)33-14-6-7-16-36(33)45-37)44-41(43-39)34-15-8-12-29-20-19-28-11-4-5-13-32(28)38(29)34/h1-25H. The van der Waals surface area contributed by atoms with E-state index in [1.54, 1.807) is 0 Å². The Kier molecular flexibility index (Phi) is 6.00. The number of fused-ring (bicyclic) bond motifs is 6. The van der Waals surface area contributed by atoms with E-state index in [1.807, 2.05) is 17.4 Å². The first-order valence-electron chi connectivity index (χ1n) is 15.0. The van der Waals surface area contributed by atoms with Gasteiger partial charge in [0.1, 0.15) is 0 Å². The number of nitrogens with zero attached hydrogens (tertiary/aromatic N) is 3. The second kappa shape index (κ2) is 10.5. The van der Waals surface area contributed by atoms with Crippen LogP contribution in [-0.2, 0) is 0 Å². The van der Waals surface area contributed by atoms with Gasteiger partial charge >= 0.3 is 0 Å². The fourth-order valence-electron chi connectivity index (χ4n) is 6.31. The van der Waals surface area contributed by atoms with Crippen LogP contribution in [0, 0.1) is 0 Å². The van der Waals surface area contributed by atoms with Crippen LogP contribution >= 0.6 is 11.3 Å². The molecule has 0 saturated heterocycles. The summed E-state index contributed by atoms with van der Waals surface area (Å²) >= 11 is 1.81. The highest BCUT2D eigenvalue weighted by molar-refractivity contribution is 7.25. The fraction of sp³-hybridized carbons (Fsp3) is 0. The van der Waals surface area contributed by atoms with Crippen molar-refractivity contribution in [3.8, 4) is 45.3 Å². The van der Waals surface area contributed by atoms with E-state index in [0.29, 0.717) is 17.5 Å². The van der Waals surface area contributed by atoms with Gasteiger partial charge in [0.2, 0.25) is 0 Å². The highest BCUT2D eigenvalue weighted by atomic mass is 32.1. The second-order valence-corrected chi connectivity index (χ2v) is 12.3. The molecule has 0 atom stereocenters. The van der Waals surface area contributed by atoms with Crippen LogP contribution in [0.3, 0.4) is 0 Å². The fourth-order valence-corrected chi connectivity index (χ4v) is 7.39. The number of aromatic nitrogens is 3. The summed E-state index contributed by atoms with van der Waals surface area (Å²) in [6.45, 7) is 0. The molecule has 2 aromatic heterocycles. The molecule has 2 heterocycles. The molecule has 0 aliphatic heterocycles. The summed E-state index contributed by atoms with van der Waals surface area (Å²) in [6, 6.07) is 53.3. The lowest BCUT2D eigenvalue weighted by Gasteiger charge is -2.12. The number of hydrogen-bond donors (Lipinski definition) is 0. The Labute approximate surface area is 264 Å². The van der Waals surface area contributed by atoms with Gasteiger partial charge in [-0.25, -0.2) is 15.0 Å². The molecular formula is C41H25N3S. The minimum atomic E-state index is 0.655. The predicted octanol–water partition coefficient (Wildman–Crippen LogP) is 11.2. The monoisotopic (exact) mass is 591 g/mol. The van der Waals surface area contributed by atoms with E-state index < -0.39 is 0 Å². The van der Waals surface area contributed by atoms with E-state index in [1.165, 1.54) is 36.5 Å². The van der Waals surface area contributed by atoms with E-state index in [0.717, 1.165) is 33.0 Å². The SMILES string of the molecule is c1ccc(-c2ccc(-c3nc(-c4ccc5sc6ccccc6c5c4)nc(-c4cccc5ccc6ccccc6c45)n3)cc2)cc1. The van der Waals surface area contributed by atoms with E-state index in [4.69, 9.17) is 15.0 Å². The van der Waals surface area contributed by atoms with E-state index in [2.05, 4.69) is 146 Å². The van der Waals surface area contributed by atoms with Crippen LogP contribution < -0.4 is 0 Å². The summed E-state index contributed by atoms with van der Waals surface area (Å²) in [5, 5.41) is 7.17. The number of thiophene rings is 1. The summed E-state index contributed by atoms with van der Waals surface area (Å²) in [5.74, 6) is 1.98. The second-order valence-electron chi connectivity index (χ2n) is 11.2. The highest BCUT2D eigenvalue weighted by Gasteiger charge is 2.17. The van der Waals surface area contributed by atoms with Crippen molar-refractivity contribution in [2.45, 2.75) is 0 Å². The van der Waals surface area contributed by atoms with E-state index in [-0.39, 0.29) is 0 Å². The smallest absolute Gasteiger partial charge is 0.164 e. The van der Waals surface area contributed by atoms with Crippen molar-refractivity contribution in [2.75, 3.05) is 0 Å². The molecule has 45 heavy (non-hydrogen) atoms. The van der Waals surface area contributed by atoms with Gasteiger partial charge in [-0.05, 0) is 51.6 Å². The zero-order valence-electron chi connectivity index (χ0n) is 24.2. The Morgan fingerprint density at radius 3 is 1.82 bits per heavy atom. The molecule has 0 fully saturated rings. The lowest BCUT2D eigenvalue weighted by Crippen LogP contribution is -2.00. The normalized spacial score (nSPS) is 11.6. The topological polar surface area (TPSA) is 38.7 Å². The van der Waals surface area contributed by atoms with Gasteiger partial charge in [-0.3, -0.25) is 0 Å². The zero-order valence-corrected chi connectivity index (χ0v) is 25.0. The molecule has 7 aromatic carbocycles. The summed E-state index contributed by atoms with van der Waals surface area (Å²) in [6.07, 6.45) is 0. The van der Waals surface area contributed by atoms with Gasteiger partial charge in [-0.1, -0.05) is 127 Å². The van der Waals surface area contributed by atoms with Crippen LogP contribution in [0.1, 0.15) is 0 Å². The quantitative estimate of drug-likeness (QED) is 0.191. The molecule has 0 aliphatic rings. The van der Waals surface area contributed by atoms with Crippen LogP contribution in [0.2, 0.25) is 0 Å².